The van der Waals surface area contributed by atoms with Gasteiger partial charge in [0, 0.05) is 0 Å². The highest BCUT2D eigenvalue weighted by atomic mass is 16.6. The second-order valence-electron chi connectivity index (χ2n) is 7.36. The Morgan fingerprint density at radius 2 is 1.68 bits per heavy atom. The van der Waals surface area contributed by atoms with Crippen molar-refractivity contribution in [3.05, 3.63) is 12.0 Å². The maximum absolute atomic E-state index is 11.9. The highest BCUT2D eigenvalue weighted by Gasteiger charge is 2.32. The number of hydrogen-bond acceptors (Lipinski definition) is 6. The van der Waals surface area contributed by atoms with Crippen molar-refractivity contribution in [2.75, 3.05) is 6.61 Å². The lowest BCUT2D eigenvalue weighted by atomic mass is 9.97. The zero-order chi connectivity index (χ0) is 17.1. The van der Waals surface area contributed by atoms with Gasteiger partial charge in [-0.3, -0.25) is 14.4 Å². The van der Waals surface area contributed by atoms with Gasteiger partial charge in [-0.2, -0.15) is 0 Å². The predicted octanol–water partition coefficient (Wildman–Crippen LogP) is 2.36. The minimum Gasteiger partial charge on any atom is -0.490 e. The van der Waals surface area contributed by atoms with Crippen molar-refractivity contribution in [2.24, 2.45) is 10.8 Å². The number of allylic oxidation sites excluding steroid dienone is 1. The summed E-state index contributed by atoms with van der Waals surface area (Å²) in [5, 5.41) is 0. The second kappa shape index (κ2) is 6.50. The summed E-state index contributed by atoms with van der Waals surface area (Å²) in [6.07, 6.45) is 0.557. The zero-order valence-electron chi connectivity index (χ0n) is 14.0. The molecule has 0 aromatic heterocycles. The average Bonchev–Trinajstić information content (AvgIpc) is 2.36. The Hall–Kier alpha value is -1.85. The third kappa shape index (κ3) is 5.16. The molecule has 0 radical (unpaired) electrons. The SMILES string of the molecule is CC(C)(C)C(=O)OC[C@@H]1CC(=O)C(OC(=O)C(C)(C)C)=CO1. The second-order valence-corrected chi connectivity index (χ2v) is 7.36. The molecule has 0 saturated heterocycles. The molecule has 0 aliphatic carbocycles. The van der Waals surface area contributed by atoms with Crippen LogP contribution in [0.5, 0.6) is 0 Å². The molecule has 0 aromatic rings. The van der Waals surface area contributed by atoms with E-state index in [9.17, 15) is 14.4 Å². The molecule has 0 aromatic carbocycles. The normalized spacial score (nSPS) is 19.1. The summed E-state index contributed by atoms with van der Waals surface area (Å²) >= 11 is 0. The summed E-state index contributed by atoms with van der Waals surface area (Å²) in [7, 11) is 0. The smallest absolute Gasteiger partial charge is 0.316 e. The molecule has 1 rings (SSSR count). The predicted molar refractivity (Wildman–Crippen MR) is 78.5 cm³/mol. The third-order valence-electron chi connectivity index (χ3n) is 2.88. The lowest BCUT2D eigenvalue weighted by Gasteiger charge is -2.24. The molecular weight excluding hydrogens is 288 g/mol. The van der Waals surface area contributed by atoms with E-state index >= 15 is 0 Å². The van der Waals surface area contributed by atoms with Gasteiger partial charge in [0.15, 0.2) is 0 Å². The summed E-state index contributed by atoms with van der Waals surface area (Å²) in [6, 6.07) is 0. The lowest BCUT2D eigenvalue weighted by molar-refractivity contribution is -0.158. The quantitative estimate of drug-likeness (QED) is 0.744. The van der Waals surface area contributed by atoms with Crippen LogP contribution in [0.3, 0.4) is 0 Å². The Balaban J connectivity index is 2.56. The summed E-state index contributed by atoms with van der Waals surface area (Å²) in [4.78, 5) is 35.3. The van der Waals surface area contributed by atoms with Gasteiger partial charge in [0.2, 0.25) is 11.5 Å². The van der Waals surface area contributed by atoms with Gasteiger partial charge in [-0.05, 0) is 41.5 Å². The number of hydrogen-bond donors (Lipinski definition) is 0. The largest absolute Gasteiger partial charge is 0.490 e. The topological polar surface area (TPSA) is 78.9 Å². The minimum absolute atomic E-state index is 0.000674. The van der Waals surface area contributed by atoms with Crippen molar-refractivity contribution in [2.45, 2.75) is 54.1 Å². The van der Waals surface area contributed by atoms with Crippen LogP contribution in [0.1, 0.15) is 48.0 Å². The van der Waals surface area contributed by atoms with E-state index in [1.807, 2.05) is 0 Å². The number of ether oxygens (including phenoxy) is 3. The molecule has 22 heavy (non-hydrogen) atoms. The molecule has 124 valence electrons. The van der Waals surface area contributed by atoms with Crippen LogP contribution < -0.4 is 0 Å². The van der Waals surface area contributed by atoms with Crippen LogP contribution >= 0.6 is 0 Å². The van der Waals surface area contributed by atoms with Gasteiger partial charge in [0.1, 0.15) is 19.0 Å². The Morgan fingerprint density at radius 1 is 1.14 bits per heavy atom. The Kier molecular flexibility index (Phi) is 5.38. The molecule has 0 fully saturated rings. The van der Waals surface area contributed by atoms with Gasteiger partial charge in [-0.25, -0.2) is 0 Å². The first-order valence-corrected chi connectivity index (χ1v) is 7.19. The molecule has 0 unspecified atom stereocenters. The fourth-order valence-electron chi connectivity index (χ4n) is 1.40. The summed E-state index contributed by atoms with van der Waals surface area (Å²) < 4.78 is 15.4. The molecule has 1 heterocycles. The lowest BCUT2D eigenvalue weighted by Crippen LogP contribution is -2.33. The molecule has 1 atom stereocenters. The zero-order valence-corrected chi connectivity index (χ0v) is 14.0. The van der Waals surface area contributed by atoms with E-state index in [-0.39, 0.29) is 30.5 Å². The van der Waals surface area contributed by atoms with Crippen LogP contribution in [0.2, 0.25) is 0 Å². The molecule has 0 amide bonds. The molecule has 1 aliphatic heterocycles. The number of Topliss-reactive ketones (excluding diaryl/α,β-unsaturated/α-hetero) is 1. The fraction of sp³-hybridized carbons (Fsp3) is 0.688. The fourth-order valence-corrected chi connectivity index (χ4v) is 1.40. The van der Waals surface area contributed by atoms with Gasteiger partial charge in [-0.15, -0.1) is 0 Å². The molecule has 1 aliphatic rings. The summed E-state index contributed by atoms with van der Waals surface area (Å²) in [5.74, 6) is -1.33. The third-order valence-corrected chi connectivity index (χ3v) is 2.88. The number of rotatable bonds is 3. The maximum atomic E-state index is 11.9. The molecule has 0 spiro atoms. The van der Waals surface area contributed by atoms with E-state index in [2.05, 4.69) is 0 Å². The Bertz CT molecular complexity index is 490. The van der Waals surface area contributed by atoms with Crippen molar-refractivity contribution in [1.29, 1.82) is 0 Å². The van der Waals surface area contributed by atoms with Gasteiger partial charge in [0.05, 0.1) is 17.3 Å². The van der Waals surface area contributed by atoms with Crippen LogP contribution in [0.15, 0.2) is 12.0 Å². The van der Waals surface area contributed by atoms with Crippen molar-refractivity contribution < 1.29 is 28.6 Å². The molecule has 0 saturated carbocycles. The first-order chi connectivity index (χ1) is 9.91. The van der Waals surface area contributed by atoms with Crippen molar-refractivity contribution in [3.8, 4) is 0 Å². The van der Waals surface area contributed by atoms with Crippen LogP contribution in [0, 0.1) is 10.8 Å². The van der Waals surface area contributed by atoms with E-state index < -0.39 is 22.9 Å². The van der Waals surface area contributed by atoms with Crippen molar-refractivity contribution in [1.82, 2.24) is 0 Å². The van der Waals surface area contributed by atoms with E-state index in [0.717, 1.165) is 6.26 Å². The average molecular weight is 312 g/mol. The number of carbonyl (C=O) groups excluding carboxylic acids is 3. The molecule has 0 bridgehead atoms. The van der Waals surface area contributed by atoms with Gasteiger partial charge < -0.3 is 14.2 Å². The molecule has 0 N–H and O–H groups in total. The number of carbonyl (C=O) groups is 3. The molecule has 6 heteroatoms. The van der Waals surface area contributed by atoms with Crippen LogP contribution in [-0.2, 0) is 28.6 Å². The summed E-state index contributed by atoms with van der Waals surface area (Å²) in [6.45, 7) is 10.3. The monoisotopic (exact) mass is 312 g/mol. The van der Waals surface area contributed by atoms with Gasteiger partial charge in [-0.1, -0.05) is 0 Å². The van der Waals surface area contributed by atoms with Gasteiger partial charge >= 0.3 is 11.9 Å². The Morgan fingerprint density at radius 3 is 2.14 bits per heavy atom. The maximum Gasteiger partial charge on any atom is 0.316 e. The van der Waals surface area contributed by atoms with E-state index in [1.54, 1.807) is 41.5 Å². The van der Waals surface area contributed by atoms with Crippen LogP contribution in [0.25, 0.3) is 0 Å². The number of esters is 2. The highest BCUT2D eigenvalue weighted by molar-refractivity contribution is 5.96. The van der Waals surface area contributed by atoms with E-state index in [1.165, 1.54) is 0 Å². The molecule has 6 nitrogen and oxygen atoms in total. The minimum atomic E-state index is -0.708. The van der Waals surface area contributed by atoms with E-state index in [4.69, 9.17) is 14.2 Å². The van der Waals surface area contributed by atoms with Crippen LogP contribution in [0.4, 0.5) is 0 Å². The van der Waals surface area contributed by atoms with Crippen molar-refractivity contribution >= 4 is 17.7 Å². The Labute approximate surface area is 130 Å². The first kappa shape index (κ1) is 18.2. The summed E-state index contributed by atoms with van der Waals surface area (Å²) in [5.41, 5.74) is -1.32. The van der Waals surface area contributed by atoms with Crippen molar-refractivity contribution in [3.63, 3.8) is 0 Å². The standard InChI is InChI=1S/C16H24O6/c1-15(2,3)13(18)21-8-10-7-11(17)12(9-20-10)22-14(19)16(4,5)6/h9-10H,7-8H2,1-6H3/t10-/m0/s1. The highest BCUT2D eigenvalue weighted by Crippen LogP contribution is 2.22. The van der Waals surface area contributed by atoms with E-state index in [0.29, 0.717) is 0 Å². The molecular formula is C16H24O6. The van der Waals surface area contributed by atoms with Gasteiger partial charge in [0.25, 0.3) is 0 Å². The number of ketones is 1. The van der Waals surface area contributed by atoms with Crippen LogP contribution in [-0.4, -0.2) is 30.4 Å². The first-order valence-electron chi connectivity index (χ1n) is 7.19.